The highest BCUT2D eigenvalue weighted by Gasteiger charge is 2.40. The fraction of sp³-hybridized carbons (Fsp3) is 0.231. The van der Waals surface area contributed by atoms with Crippen LogP contribution in [0.3, 0.4) is 0 Å². The Morgan fingerprint density at radius 1 is 0.917 bits per heavy atom. The van der Waals surface area contributed by atoms with Crippen molar-refractivity contribution in [1.82, 2.24) is 0 Å². The van der Waals surface area contributed by atoms with Crippen LogP contribution in [0.2, 0.25) is 0 Å². The Morgan fingerprint density at radius 3 is 2.00 bits per heavy atom. The summed E-state index contributed by atoms with van der Waals surface area (Å²) in [6, 6.07) is 8.44. The fourth-order valence-corrected chi connectivity index (χ4v) is 4.49. The van der Waals surface area contributed by atoms with Crippen molar-refractivity contribution >= 4 is 36.5 Å². The first-order valence-corrected chi connectivity index (χ1v) is 9.24. The van der Waals surface area contributed by atoms with Crippen LogP contribution < -0.4 is 4.90 Å². The number of nitrogens with zero attached hydrogens (tertiary/aromatic N) is 2. The zero-order valence-electron chi connectivity index (χ0n) is 12.4. The molecule has 0 atom stereocenters. The van der Waals surface area contributed by atoms with Gasteiger partial charge in [0.05, 0.1) is 4.90 Å². The lowest BCUT2D eigenvalue weighted by molar-refractivity contribution is -0.0425. The molecule has 132 valence electrons. The van der Waals surface area contributed by atoms with Crippen molar-refractivity contribution in [3.63, 3.8) is 0 Å². The van der Waals surface area contributed by atoms with Gasteiger partial charge in [-0.15, -0.1) is 0 Å². The Hall–Kier alpha value is -1.85. The second-order valence-corrected chi connectivity index (χ2v) is 8.39. The Labute approximate surface area is 137 Å². The molecule has 2 rings (SSSR count). The summed E-state index contributed by atoms with van der Waals surface area (Å²) < 4.78 is 85.8. The average molecular weight is 381 g/mol. The second-order valence-electron chi connectivity index (χ2n) is 4.99. The minimum atomic E-state index is -6.17. The highest BCUT2D eigenvalue weighted by Crippen LogP contribution is 2.36. The van der Waals surface area contributed by atoms with Crippen LogP contribution in [0.15, 0.2) is 41.3 Å². The van der Waals surface area contributed by atoms with Crippen molar-refractivity contribution in [3.8, 4) is 0 Å². The summed E-state index contributed by atoms with van der Waals surface area (Å²) in [5.74, 6) is 0. The van der Waals surface area contributed by atoms with Crippen LogP contribution in [0, 0.1) is 0 Å². The highest BCUT2D eigenvalue weighted by molar-refractivity contribution is 8.12. The smallest absolute Gasteiger partial charge is 0.424 e. The average Bonchev–Trinajstić information content (AvgIpc) is 2.43. The lowest BCUT2D eigenvalue weighted by Crippen LogP contribution is -2.24. The molecule has 0 aromatic heterocycles. The molecular formula is C13H12F3N2O4S2-. The van der Waals surface area contributed by atoms with Crippen molar-refractivity contribution < 1.29 is 30.0 Å². The first-order valence-electron chi connectivity index (χ1n) is 6.36. The summed E-state index contributed by atoms with van der Waals surface area (Å²) in [6.45, 7) is 0. The summed E-state index contributed by atoms with van der Waals surface area (Å²) >= 11 is 0. The van der Waals surface area contributed by atoms with Gasteiger partial charge < -0.3 is 9.03 Å². The molecule has 2 aromatic rings. The van der Waals surface area contributed by atoms with Crippen LogP contribution >= 0.6 is 0 Å². The minimum Gasteiger partial charge on any atom is -0.424 e. The van der Waals surface area contributed by atoms with Gasteiger partial charge in [0.25, 0.3) is 0 Å². The van der Waals surface area contributed by atoms with E-state index in [1.807, 2.05) is 0 Å². The molecule has 0 fully saturated rings. The Balaban J connectivity index is 2.67. The predicted octanol–water partition coefficient (Wildman–Crippen LogP) is 2.82. The summed E-state index contributed by atoms with van der Waals surface area (Å²) in [5.41, 5.74) is -5.18. The van der Waals surface area contributed by atoms with Crippen molar-refractivity contribution in [3.05, 3.63) is 40.5 Å². The molecular weight excluding hydrogens is 369 g/mol. The highest BCUT2D eigenvalue weighted by atomic mass is 32.3. The van der Waals surface area contributed by atoms with Gasteiger partial charge in [0.1, 0.15) is 10.0 Å². The van der Waals surface area contributed by atoms with Gasteiger partial charge in [-0.25, -0.2) is 16.8 Å². The minimum absolute atomic E-state index is 0.0739. The van der Waals surface area contributed by atoms with E-state index in [1.165, 1.54) is 18.2 Å². The molecule has 2 aromatic carbocycles. The second kappa shape index (κ2) is 5.90. The maximum Gasteiger partial charge on any atom is 0.480 e. The summed E-state index contributed by atoms with van der Waals surface area (Å²) in [5, 5.41) is 0.507. The van der Waals surface area contributed by atoms with Gasteiger partial charge in [0.2, 0.25) is 0 Å². The quantitative estimate of drug-likeness (QED) is 0.813. The normalized spacial score (nSPS) is 13.2. The first-order chi connectivity index (χ1) is 10.9. The molecule has 0 aliphatic carbocycles. The first kappa shape index (κ1) is 18.5. The fourth-order valence-electron chi connectivity index (χ4n) is 2.09. The topological polar surface area (TPSA) is 85.6 Å². The van der Waals surface area contributed by atoms with Crippen LogP contribution in [0.1, 0.15) is 0 Å². The van der Waals surface area contributed by atoms with Crippen molar-refractivity contribution in [2.24, 2.45) is 0 Å². The molecule has 24 heavy (non-hydrogen) atoms. The molecule has 0 spiro atoms. The lowest BCUT2D eigenvalue weighted by atomic mass is 10.1. The SMILES string of the molecule is CN(C)c1cccc2c(S(=O)(=O)[N-]S(=O)(=O)C(F)(F)F)cccc12. The summed E-state index contributed by atoms with van der Waals surface area (Å²) in [6.07, 6.45) is 0. The van der Waals surface area contributed by atoms with Crippen molar-refractivity contribution in [1.29, 1.82) is 0 Å². The van der Waals surface area contributed by atoms with E-state index in [1.54, 1.807) is 31.1 Å². The zero-order valence-corrected chi connectivity index (χ0v) is 14.1. The number of benzene rings is 2. The van der Waals surface area contributed by atoms with Gasteiger partial charge in [-0.05, 0) is 12.1 Å². The van der Waals surface area contributed by atoms with E-state index in [0.29, 0.717) is 11.1 Å². The molecule has 0 heterocycles. The molecule has 11 heteroatoms. The van der Waals surface area contributed by atoms with Gasteiger partial charge in [-0.1, -0.05) is 24.3 Å². The van der Waals surface area contributed by atoms with E-state index in [9.17, 15) is 30.0 Å². The zero-order chi connectivity index (χ0) is 18.3. The molecule has 0 saturated heterocycles. The molecule has 0 bridgehead atoms. The Kier molecular flexibility index (Phi) is 4.55. The summed E-state index contributed by atoms with van der Waals surface area (Å²) in [7, 11) is -7.84. The van der Waals surface area contributed by atoms with E-state index in [4.69, 9.17) is 0 Å². The Morgan fingerprint density at radius 2 is 1.46 bits per heavy atom. The van der Waals surface area contributed by atoms with Crippen LogP contribution in [0.25, 0.3) is 14.9 Å². The lowest BCUT2D eigenvalue weighted by Gasteiger charge is -2.23. The summed E-state index contributed by atoms with van der Waals surface area (Å²) in [4.78, 5) is 1.07. The van der Waals surface area contributed by atoms with Crippen LogP contribution in [-0.4, -0.2) is 36.4 Å². The van der Waals surface area contributed by atoms with E-state index >= 15 is 0 Å². The van der Waals surface area contributed by atoms with Crippen LogP contribution in [-0.2, 0) is 20.0 Å². The molecule has 0 amide bonds. The maximum absolute atomic E-state index is 12.4. The van der Waals surface area contributed by atoms with Crippen LogP contribution in [0.5, 0.6) is 0 Å². The standard InChI is InChI=1S/C13H12F3N2O4S2/c1-18(2)11-7-3-6-10-9(11)5-4-8-12(10)23(19,20)17-24(21,22)13(14,15)16/h3-8H,1-2H3/q-1. The number of sulfonamides is 2. The predicted molar refractivity (Wildman–Crippen MR) is 83.8 cm³/mol. The van der Waals surface area contributed by atoms with E-state index < -0.39 is 30.5 Å². The third kappa shape index (κ3) is 3.32. The number of fused-ring (bicyclic) bond motifs is 1. The maximum atomic E-state index is 12.4. The molecule has 0 saturated carbocycles. The van der Waals surface area contributed by atoms with Crippen molar-refractivity contribution in [2.75, 3.05) is 19.0 Å². The van der Waals surface area contributed by atoms with Gasteiger partial charge in [-0.2, -0.15) is 13.2 Å². The van der Waals surface area contributed by atoms with Gasteiger partial charge in [0, 0.05) is 30.6 Å². The van der Waals surface area contributed by atoms with Gasteiger partial charge in [-0.3, -0.25) is 0 Å². The third-order valence-electron chi connectivity index (χ3n) is 3.11. The van der Waals surface area contributed by atoms with Gasteiger partial charge >= 0.3 is 5.51 Å². The third-order valence-corrected chi connectivity index (χ3v) is 6.17. The number of halogens is 3. The molecule has 0 unspecified atom stereocenters. The number of hydrogen-bond donors (Lipinski definition) is 0. The largest absolute Gasteiger partial charge is 0.480 e. The van der Waals surface area contributed by atoms with Gasteiger partial charge in [0.15, 0.2) is 10.0 Å². The van der Waals surface area contributed by atoms with E-state index in [0.717, 1.165) is 6.07 Å². The molecule has 6 nitrogen and oxygen atoms in total. The van der Waals surface area contributed by atoms with E-state index in [-0.39, 0.29) is 5.39 Å². The Bertz CT molecular complexity index is 984. The molecule has 0 N–H and O–H groups in total. The monoisotopic (exact) mass is 381 g/mol. The molecule has 0 radical (unpaired) electrons. The molecule has 0 aliphatic heterocycles. The number of rotatable bonds is 4. The van der Waals surface area contributed by atoms with Crippen molar-refractivity contribution in [2.45, 2.75) is 10.4 Å². The number of alkyl halides is 3. The van der Waals surface area contributed by atoms with Crippen LogP contribution in [0.4, 0.5) is 18.9 Å². The number of hydrogen-bond acceptors (Lipinski definition) is 5. The van der Waals surface area contributed by atoms with E-state index in [2.05, 4.69) is 4.13 Å². The molecule has 0 aliphatic rings. The number of anilines is 1.